The third-order valence-electron chi connectivity index (χ3n) is 3.40. The maximum absolute atomic E-state index is 6.23. The fraction of sp³-hybridized carbons (Fsp3) is 0.294. The smallest absolute Gasteiger partial charge is 0.0452 e. The highest BCUT2D eigenvalue weighted by molar-refractivity contribution is 6.35. The van der Waals surface area contributed by atoms with Gasteiger partial charge in [0.05, 0.1) is 0 Å². The van der Waals surface area contributed by atoms with Crippen molar-refractivity contribution in [1.82, 2.24) is 5.32 Å². The van der Waals surface area contributed by atoms with Crippen molar-refractivity contribution in [3.05, 3.63) is 69.7 Å². The Kier molecular flexibility index (Phi) is 5.90. The van der Waals surface area contributed by atoms with E-state index in [9.17, 15) is 0 Å². The van der Waals surface area contributed by atoms with Gasteiger partial charge in [0, 0.05) is 16.1 Å². The van der Waals surface area contributed by atoms with E-state index in [-0.39, 0.29) is 0 Å². The zero-order valence-corrected chi connectivity index (χ0v) is 13.1. The van der Waals surface area contributed by atoms with Crippen molar-refractivity contribution in [2.24, 2.45) is 0 Å². The molecule has 106 valence electrons. The fourth-order valence-electron chi connectivity index (χ4n) is 2.38. The number of nitrogens with one attached hydrogen (secondary N) is 1. The maximum Gasteiger partial charge on any atom is 0.0452 e. The molecule has 0 amide bonds. The van der Waals surface area contributed by atoms with Gasteiger partial charge >= 0.3 is 0 Å². The zero-order valence-electron chi connectivity index (χ0n) is 11.6. The topological polar surface area (TPSA) is 12.0 Å². The highest BCUT2D eigenvalue weighted by atomic mass is 35.5. The van der Waals surface area contributed by atoms with Crippen molar-refractivity contribution in [3.63, 3.8) is 0 Å². The Morgan fingerprint density at radius 1 is 0.950 bits per heavy atom. The van der Waals surface area contributed by atoms with E-state index >= 15 is 0 Å². The van der Waals surface area contributed by atoms with E-state index in [1.807, 2.05) is 24.3 Å². The van der Waals surface area contributed by atoms with Crippen LogP contribution in [0.5, 0.6) is 0 Å². The summed E-state index contributed by atoms with van der Waals surface area (Å²) in [4.78, 5) is 0. The van der Waals surface area contributed by atoms with Gasteiger partial charge in [-0.1, -0.05) is 66.5 Å². The SMILES string of the molecule is CCNC(CCc1c(Cl)cccc1Cl)c1ccccc1. The van der Waals surface area contributed by atoms with E-state index in [0.717, 1.165) is 35.0 Å². The first-order chi connectivity index (χ1) is 9.72. The molecule has 0 saturated heterocycles. The lowest BCUT2D eigenvalue weighted by molar-refractivity contribution is 0.515. The van der Waals surface area contributed by atoms with E-state index in [4.69, 9.17) is 23.2 Å². The van der Waals surface area contributed by atoms with Gasteiger partial charge in [-0.15, -0.1) is 0 Å². The van der Waals surface area contributed by atoms with E-state index in [1.165, 1.54) is 5.56 Å². The van der Waals surface area contributed by atoms with Gasteiger partial charge in [-0.3, -0.25) is 0 Å². The molecule has 1 atom stereocenters. The average Bonchev–Trinajstić information content (AvgIpc) is 2.46. The molecule has 0 saturated carbocycles. The molecule has 20 heavy (non-hydrogen) atoms. The second-order valence-corrected chi connectivity index (χ2v) is 5.57. The Morgan fingerprint density at radius 3 is 2.20 bits per heavy atom. The Balaban J connectivity index is 2.10. The molecule has 0 bridgehead atoms. The van der Waals surface area contributed by atoms with Crippen LogP contribution >= 0.6 is 23.2 Å². The van der Waals surface area contributed by atoms with Crippen LogP contribution in [0.25, 0.3) is 0 Å². The molecule has 2 rings (SSSR count). The standard InChI is InChI=1S/C17H19Cl2N/c1-2-20-17(13-7-4-3-5-8-13)12-11-14-15(18)9-6-10-16(14)19/h3-10,17,20H,2,11-12H2,1H3. The predicted octanol–water partition coefficient (Wildman–Crippen LogP) is 5.28. The minimum absolute atomic E-state index is 0.327. The van der Waals surface area contributed by atoms with E-state index in [2.05, 4.69) is 36.5 Å². The molecule has 1 N–H and O–H groups in total. The van der Waals surface area contributed by atoms with E-state index in [0.29, 0.717) is 6.04 Å². The summed E-state index contributed by atoms with van der Waals surface area (Å²) < 4.78 is 0. The molecule has 0 heterocycles. The molecule has 0 aliphatic heterocycles. The molecule has 0 aromatic heterocycles. The van der Waals surface area contributed by atoms with Gasteiger partial charge < -0.3 is 5.32 Å². The fourth-order valence-corrected chi connectivity index (χ4v) is 2.96. The van der Waals surface area contributed by atoms with E-state index in [1.54, 1.807) is 0 Å². The van der Waals surface area contributed by atoms with Crippen LogP contribution in [0.3, 0.4) is 0 Å². The lowest BCUT2D eigenvalue weighted by atomic mass is 9.99. The molecular formula is C17H19Cl2N. The zero-order chi connectivity index (χ0) is 14.4. The third kappa shape index (κ3) is 3.99. The molecule has 0 aliphatic rings. The van der Waals surface area contributed by atoms with Crippen LogP contribution in [0.2, 0.25) is 10.0 Å². The average molecular weight is 308 g/mol. The predicted molar refractivity (Wildman–Crippen MR) is 87.6 cm³/mol. The van der Waals surface area contributed by atoms with Gasteiger partial charge in [0.1, 0.15) is 0 Å². The molecule has 1 nitrogen and oxygen atoms in total. The second-order valence-electron chi connectivity index (χ2n) is 4.76. The van der Waals surface area contributed by atoms with Crippen LogP contribution in [0.4, 0.5) is 0 Å². The van der Waals surface area contributed by atoms with Gasteiger partial charge in [0.15, 0.2) is 0 Å². The third-order valence-corrected chi connectivity index (χ3v) is 4.11. The van der Waals surface area contributed by atoms with Crippen molar-refractivity contribution in [3.8, 4) is 0 Å². The van der Waals surface area contributed by atoms with Gasteiger partial charge in [0.2, 0.25) is 0 Å². The normalized spacial score (nSPS) is 12.3. The highest BCUT2D eigenvalue weighted by Gasteiger charge is 2.12. The van der Waals surface area contributed by atoms with Crippen molar-refractivity contribution >= 4 is 23.2 Å². The molecule has 1 unspecified atom stereocenters. The lowest BCUT2D eigenvalue weighted by Crippen LogP contribution is -2.21. The molecule has 2 aromatic rings. The van der Waals surface area contributed by atoms with E-state index < -0.39 is 0 Å². The molecule has 0 fully saturated rings. The molecule has 2 aromatic carbocycles. The first-order valence-electron chi connectivity index (χ1n) is 6.93. The Bertz CT molecular complexity index is 520. The Morgan fingerprint density at radius 2 is 1.60 bits per heavy atom. The van der Waals surface area contributed by atoms with Gasteiger partial charge in [0.25, 0.3) is 0 Å². The summed E-state index contributed by atoms with van der Waals surface area (Å²) in [6, 6.07) is 16.5. The van der Waals surface area contributed by atoms with Crippen LogP contribution < -0.4 is 5.32 Å². The number of halogens is 2. The van der Waals surface area contributed by atoms with Gasteiger partial charge in [-0.05, 0) is 42.6 Å². The highest BCUT2D eigenvalue weighted by Crippen LogP contribution is 2.28. The summed E-state index contributed by atoms with van der Waals surface area (Å²) in [6.07, 6.45) is 1.84. The van der Waals surface area contributed by atoms with Crippen molar-refractivity contribution < 1.29 is 0 Å². The quantitative estimate of drug-likeness (QED) is 0.766. The number of benzene rings is 2. The number of hydrogen-bond donors (Lipinski definition) is 1. The molecule has 0 aliphatic carbocycles. The van der Waals surface area contributed by atoms with Crippen LogP contribution in [0.15, 0.2) is 48.5 Å². The summed E-state index contributed by atoms with van der Waals surface area (Å²) in [6.45, 7) is 3.06. The van der Waals surface area contributed by atoms with Crippen molar-refractivity contribution in [1.29, 1.82) is 0 Å². The molecule has 0 radical (unpaired) electrons. The molecular weight excluding hydrogens is 289 g/mol. The number of hydrogen-bond acceptors (Lipinski definition) is 1. The first kappa shape index (κ1) is 15.4. The van der Waals surface area contributed by atoms with Gasteiger partial charge in [-0.25, -0.2) is 0 Å². The largest absolute Gasteiger partial charge is 0.310 e. The second kappa shape index (κ2) is 7.68. The van der Waals surface area contributed by atoms with Crippen molar-refractivity contribution in [2.75, 3.05) is 6.54 Å². The Hall–Kier alpha value is -1.02. The van der Waals surface area contributed by atoms with Crippen LogP contribution in [-0.2, 0) is 6.42 Å². The monoisotopic (exact) mass is 307 g/mol. The van der Waals surface area contributed by atoms with Crippen LogP contribution in [0.1, 0.15) is 30.5 Å². The Labute approximate surface area is 130 Å². The summed E-state index contributed by atoms with van der Waals surface area (Å²) >= 11 is 12.5. The molecule has 3 heteroatoms. The molecule has 0 spiro atoms. The number of rotatable bonds is 6. The van der Waals surface area contributed by atoms with Crippen molar-refractivity contribution in [2.45, 2.75) is 25.8 Å². The maximum atomic E-state index is 6.23. The van der Waals surface area contributed by atoms with Crippen LogP contribution in [0, 0.1) is 0 Å². The summed E-state index contributed by atoms with van der Waals surface area (Å²) in [5.41, 5.74) is 2.34. The minimum atomic E-state index is 0.327. The lowest BCUT2D eigenvalue weighted by Gasteiger charge is -2.19. The summed E-state index contributed by atoms with van der Waals surface area (Å²) in [5, 5.41) is 5.02. The minimum Gasteiger partial charge on any atom is -0.310 e. The summed E-state index contributed by atoms with van der Waals surface area (Å²) in [7, 11) is 0. The van der Waals surface area contributed by atoms with Crippen LogP contribution in [-0.4, -0.2) is 6.54 Å². The first-order valence-corrected chi connectivity index (χ1v) is 7.69. The summed E-state index contributed by atoms with van der Waals surface area (Å²) in [5.74, 6) is 0. The van der Waals surface area contributed by atoms with Gasteiger partial charge in [-0.2, -0.15) is 0 Å².